The lowest BCUT2D eigenvalue weighted by molar-refractivity contribution is -0.384. The first-order chi connectivity index (χ1) is 15.3. The summed E-state index contributed by atoms with van der Waals surface area (Å²) in [6.07, 6.45) is 2.74. The highest BCUT2D eigenvalue weighted by molar-refractivity contribution is 6.10. The van der Waals surface area contributed by atoms with Crippen LogP contribution >= 0.6 is 0 Å². The van der Waals surface area contributed by atoms with E-state index in [1.54, 1.807) is 12.1 Å². The fourth-order valence-corrected chi connectivity index (χ4v) is 2.58. The van der Waals surface area contributed by atoms with Crippen LogP contribution in [0.4, 0.5) is 11.4 Å². The van der Waals surface area contributed by atoms with E-state index in [4.69, 9.17) is 9.15 Å². The fraction of sp³-hybridized carbons (Fsp3) is 0.0455. The Kier molecular flexibility index (Phi) is 6.76. The zero-order valence-corrected chi connectivity index (χ0v) is 16.7. The molecule has 0 aliphatic heterocycles. The van der Waals surface area contributed by atoms with Crippen molar-refractivity contribution in [3.8, 4) is 5.75 Å². The first-order valence-electron chi connectivity index (χ1n) is 9.22. The number of rotatable bonds is 7. The molecule has 2 aromatic carbocycles. The molecule has 2 amide bonds. The Balaban J connectivity index is 1.84. The van der Waals surface area contributed by atoms with Gasteiger partial charge in [-0.25, -0.2) is 0 Å². The molecule has 10 nitrogen and oxygen atoms in total. The molecule has 1 heterocycles. The molecule has 0 fully saturated rings. The van der Waals surface area contributed by atoms with Crippen molar-refractivity contribution < 1.29 is 28.5 Å². The summed E-state index contributed by atoms with van der Waals surface area (Å²) >= 11 is 0. The van der Waals surface area contributed by atoms with Gasteiger partial charge in [0.15, 0.2) is 5.76 Å². The molecule has 0 aliphatic rings. The smallest absolute Gasteiger partial charge is 0.308 e. The first kappa shape index (κ1) is 22.0. The molecule has 0 atom stereocenters. The standard InChI is InChI=1S/C22H17N3O7/c1-14(26)32-18-10-4-15(5-11-18)13-19(24-22(28)20-3-2-12-31-20)21(27)23-16-6-8-17(9-7-16)25(29)30/h2-13H,1H3,(H,23,27)(H,24,28)/b19-13+. The third kappa shape index (κ3) is 5.89. The maximum atomic E-state index is 12.8. The second-order valence-electron chi connectivity index (χ2n) is 6.41. The van der Waals surface area contributed by atoms with Gasteiger partial charge in [-0.2, -0.15) is 0 Å². The fourth-order valence-electron chi connectivity index (χ4n) is 2.58. The summed E-state index contributed by atoms with van der Waals surface area (Å²) in [7, 11) is 0. The third-order valence-electron chi connectivity index (χ3n) is 4.03. The van der Waals surface area contributed by atoms with Crippen LogP contribution in [0.15, 0.2) is 77.0 Å². The Morgan fingerprint density at radius 2 is 1.72 bits per heavy atom. The molecule has 0 aliphatic carbocycles. The van der Waals surface area contributed by atoms with Crippen LogP contribution < -0.4 is 15.4 Å². The van der Waals surface area contributed by atoms with Crippen molar-refractivity contribution >= 4 is 35.2 Å². The third-order valence-corrected chi connectivity index (χ3v) is 4.03. The number of nitrogens with zero attached hydrogens (tertiary/aromatic N) is 1. The van der Waals surface area contributed by atoms with Crippen molar-refractivity contribution in [3.63, 3.8) is 0 Å². The Morgan fingerprint density at radius 1 is 1.03 bits per heavy atom. The van der Waals surface area contributed by atoms with Crippen molar-refractivity contribution in [3.05, 3.63) is 94.1 Å². The average molecular weight is 435 g/mol. The van der Waals surface area contributed by atoms with Gasteiger partial charge < -0.3 is 19.8 Å². The number of furan rings is 1. The predicted molar refractivity (Wildman–Crippen MR) is 114 cm³/mol. The van der Waals surface area contributed by atoms with Crippen molar-refractivity contribution in [2.75, 3.05) is 5.32 Å². The molecular weight excluding hydrogens is 418 g/mol. The Hall–Kier alpha value is -4.73. The molecule has 32 heavy (non-hydrogen) atoms. The second-order valence-corrected chi connectivity index (χ2v) is 6.41. The number of nitrogens with one attached hydrogen (secondary N) is 2. The molecule has 0 saturated carbocycles. The van der Waals surface area contributed by atoms with Crippen molar-refractivity contribution in [1.29, 1.82) is 0 Å². The first-order valence-corrected chi connectivity index (χ1v) is 9.22. The van der Waals surface area contributed by atoms with E-state index in [9.17, 15) is 24.5 Å². The van der Waals surface area contributed by atoms with Crippen molar-refractivity contribution in [2.45, 2.75) is 6.92 Å². The number of carbonyl (C=O) groups excluding carboxylic acids is 3. The number of amides is 2. The summed E-state index contributed by atoms with van der Waals surface area (Å²) < 4.78 is 10.0. The van der Waals surface area contributed by atoms with Crippen LogP contribution in [-0.4, -0.2) is 22.7 Å². The summed E-state index contributed by atoms with van der Waals surface area (Å²) in [6.45, 7) is 1.28. The van der Waals surface area contributed by atoms with Gasteiger partial charge in [-0.05, 0) is 48.0 Å². The van der Waals surface area contributed by atoms with E-state index < -0.39 is 22.7 Å². The molecule has 0 bridgehead atoms. The van der Waals surface area contributed by atoms with Crippen LogP contribution in [-0.2, 0) is 9.59 Å². The van der Waals surface area contributed by atoms with Crippen molar-refractivity contribution in [1.82, 2.24) is 5.32 Å². The van der Waals surface area contributed by atoms with E-state index in [1.165, 1.54) is 67.8 Å². The maximum absolute atomic E-state index is 12.8. The number of hydrogen-bond donors (Lipinski definition) is 2. The minimum absolute atomic E-state index is 0.00393. The number of nitro benzene ring substituents is 1. The zero-order valence-electron chi connectivity index (χ0n) is 16.7. The van der Waals surface area contributed by atoms with Gasteiger partial charge >= 0.3 is 5.97 Å². The van der Waals surface area contributed by atoms with Crippen LogP contribution in [0.5, 0.6) is 5.75 Å². The second kappa shape index (κ2) is 9.85. The van der Waals surface area contributed by atoms with Crippen LogP contribution in [0, 0.1) is 10.1 Å². The zero-order chi connectivity index (χ0) is 23.1. The number of hydrogen-bond acceptors (Lipinski definition) is 7. The topological polar surface area (TPSA) is 141 Å². The number of non-ortho nitro benzene ring substituents is 1. The summed E-state index contributed by atoms with van der Waals surface area (Å²) in [5.74, 6) is -1.45. The van der Waals surface area contributed by atoms with Gasteiger partial charge in [0.25, 0.3) is 17.5 Å². The largest absolute Gasteiger partial charge is 0.459 e. The van der Waals surface area contributed by atoms with E-state index in [1.807, 2.05) is 0 Å². The molecule has 0 spiro atoms. The van der Waals surface area contributed by atoms with Gasteiger partial charge in [0.05, 0.1) is 11.2 Å². The number of ether oxygens (including phenoxy) is 1. The number of anilines is 1. The summed E-state index contributed by atoms with van der Waals surface area (Å²) in [4.78, 5) is 46.5. The van der Waals surface area contributed by atoms with Crippen LogP contribution in [0.2, 0.25) is 0 Å². The number of nitro groups is 1. The molecule has 0 unspecified atom stereocenters. The Bertz CT molecular complexity index is 1170. The highest BCUT2D eigenvalue weighted by Crippen LogP contribution is 2.18. The molecule has 0 saturated heterocycles. The van der Waals surface area contributed by atoms with E-state index in [0.717, 1.165) is 0 Å². The number of esters is 1. The predicted octanol–water partition coefficient (Wildman–Crippen LogP) is 3.52. The van der Waals surface area contributed by atoms with Gasteiger partial charge in [0.1, 0.15) is 11.4 Å². The van der Waals surface area contributed by atoms with E-state index >= 15 is 0 Å². The Labute approximate surface area is 181 Å². The monoisotopic (exact) mass is 435 g/mol. The quantitative estimate of drug-likeness (QED) is 0.190. The maximum Gasteiger partial charge on any atom is 0.308 e. The van der Waals surface area contributed by atoms with Crippen LogP contribution in [0.25, 0.3) is 6.08 Å². The minimum atomic E-state index is -0.664. The molecule has 0 radical (unpaired) electrons. The van der Waals surface area contributed by atoms with E-state index in [0.29, 0.717) is 17.0 Å². The lowest BCUT2D eigenvalue weighted by Crippen LogP contribution is -2.30. The average Bonchev–Trinajstić information content (AvgIpc) is 3.29. The lowest BCUT2D eigenvalue weighted by atomic mass is 10.1. The van der Waals surface area contributed by atoms with Crippen LogP contribution in [0.3, 0.4) is 0 Å². The summed E-state index contributed by atoms with van der Waals surface area (Å²) in [6, 6.07) is 14.5. The summed E-state index contributed by atoms with van der Waals surface area (Å²) in [5, 5.41) is 15.8. The van der Waals surface area contributed by atoms with Crippen molar-refractivity contribution in [2.24, 2.45) is 0 Å². The van der Waals surface area contributed by atoms with Gasteiger partial charge in [-0.3, -0.25) is 24.5 Å². The molecule has 162 valence electrons. The van der Waals surface area contributed by atoms with Crippen LogP contribution in [0.1, 0.15) is 23.0 Å². The molecule has 3 rings (SSSR count). The number of benzene rings is 2. The highest BCUT2D eigenvalue weighted by Gasteiger charge is 2.17. The molecule has 2 N–H and O–H groups in total. The molecule has 10 heteroatoms. The Morgan fingerprint density at radius 3 is 2.28 bits per heavy atom. The molecule has 1 aromatic heterocycles. The van der Waals surface area contributed by atoms with Gasteiger partial charge in [-0.1, -0.05) is 12.1 Å². The van der Waals surface area contributed by atoms with Gasteiger partial charge in [-0.15, -0.1) is 0 Å². The normalized spacial score (nSPS) is 10.8. The molecular formula is C22H17N3O7. The van der Waals surface area contributed by atoms with E-state index in [2.05, 4.69) is 10.6 Å². The van der Waals surface area contributed by atoms with Gasteiger partial charge in [0, 0.05) is 24.7 Å². The van der Waals surface area contributed by atoms with E-state index in [-0.39, 0.29) is 17.1 Å². The van der Waals surface area contributed by atoms with Gasteiger partial charge in [0.2, 0.25) is 0 Å². The lowest BCUT2D eigenvalue weighted by Gasteiger charge is -2.10. The SMILES string of the molecule is CC(=O)Oc1ccc(/C=C(/NC(=O)c2ccco2)C(=O)Nc2ccc([N+](=O)[O-])cc2)cc1. The summed E-state index contributed by atoms with van der Waals surface area (Å²) in [5.41, 5.74) is 0.598. The molecule has 3 aromatic rings. The minimum Gasteiger partial charge on any atom is -0.459 e. The highest BCUT2D eigenvalue weighted by atomic mass is 16.6. The number of carbonyl (C=O) groups is 3.